The lowest BCUT2D eigenvalue weighted by atomic mass is 10.2. The van der Waals surface area contributed by atoms with Crippen LogP contribution in [0, 0.1) is 6.92 Å². The van der Waals surface area contributed by atoms with Crippen LogP contribution in [0.15, 0.2) is 32.3 Å². The number of aryl methyl sites for hydroxylation is 1. The van der Waals surface area contributed by atoms with Crippen LogP contribution in [0.1, 0.15) is 25.7 Å². The number of hydrogen-bond acceptors (Lipinski definition) is 6. The van der Waals surface area contributed by atoms with Crippen molar-refractivity contribution in [2.75, 3.05) is 0 Å². The Morgan fingerprint density at radius 3 is 2.50 bits per heavy atom. The minimum absolute atomic E-state index is 0.00271. The fraction of sp³-hybridized carbons (Fsp3) is 0.357. The average molecular weight is 349 g/mol. The predicted molar refractivity (Wildman–Crippen MR) is 84.4 cm³/mol. The van der Waals surface area contributed by atoms with Gasteiger partial charge in [0.05, 0.1) is 15.9 Å². The van der Waals surface area contributed by atoms with Crippen molar-refractivity contribution in [3.8, 4) is 6.01 Å². The zero-order valence-electron chi connectivity index (χ0n) is 13.1. The molecule has 0 aliphatic heterocycles. The molecule has 1 aliphatic carbocycles. The largest absolute Gasteiger partial charge is 0.408 e. The first-order valence-corrected chi connectivity index (χ1v) is 8.87. The normalized spacial score (nSPS) is 16.6. The second-order valence-corrected chi connectivity index (χ2v) is 7.81. The minimum Gasteiger partial charge on any atom is -0.408 e. The van der Waals surface area contributed by atoms with Crippen LogP contribution in [0.25, 0.3) is 17.0 Å². The summed E-state index contributed by atoms with van der Waals surface area (Å²) in [7, 11) is -3.90. The number of primary sulfonamides is 1. The van der Waals surface area contributed by atoms with Crippen LogP contribution in [0.4, 0.5) is 0 Å². The van der Waals surface area contributed by atoms with E-state index >= 15 is 0 Å². The van der Waals surface area contributed by atoms with Gasteiger partial charge < -0.3 is 4.42 Å². The number of hydrogen-bond donors (Lipinski definition) is 1. The van der Waals surface area contributed by atoms with E-state index in [0.29, 0.717) is 16.9 Å². The SMILES string of the molecule is Cc1nnc(-n2c(=O)n(C3(C)CC3)c3ccc(S(N)(=O)=O)cc32)o1. The molecule has 126 valence electrons. The maximum Gasteiger partial charge on any atom is 0.337 e. The second-order valence-electron chi connectivity index (χ2n) is 6.25. The van der Waals surface area contributed by atoms with Gasteiger partial charge in [-0.2, -0.15) is 0 Å². The molecule has 3 aromatic rings. The summed E-state index contributed by atoms with van der Waals surface area (Å²) in [6.07, 6.45) is 1.73. The minimum atomic E-state index is -3.90. The van der Waals surface area contributed by atoms with Crippen molar-refractivity contribution in [3.05, 3.63) is 34.6 Å². The van der Waals surface area contributed by atoms with Gasteiger partial charge in [-0.1, -0.05) is 5.10 Å². The maximum absolute atomic E-state index is 13.0. The van der Waals surface area contributed by atoms with Crippen LogP contribution < -0.4 is 10.8 Å². The zero-order chi connectivity index (χ0) is 17.3. The van der Waals surface area contributed by atoms with Crippen molar-refractivity contribution in [2.24, 2.45) is 5.14 Å². The van der Waals surface area contributed by atoms with E-state index in [1.807, 2.05) is 6.92 Å². The van der Waals surface area contributed by atoms with E-state index in [0.717, 1.165) is 12.8 Å². The fourth-order valence-electron chi connectivity index (χ4n) is 2.84. The summed E-state index contributed by atoms with van der Waals surface area (Å²) in [5.74, 6) is 0.304. The first-order chi connectivity index (χ1) is 11.2. The third kappa shape index (κ3) is 2.10. The van der Waals surface area contributed by atoms with Gasteiger partial charge in [0.2, 0.25) is 15.9 Å². The Labute approximate surface area is 136 Å². The van der Waals surface area contributed by atoms with Crippen LogP contribution in [-0.4, -0.2) is 27.7 Å². The van der Waals surface area contributed by atoms with Crippen molar-refractivity contribution >= 4 is 21.1 Å². The lowest BCUT2D eigenvalue weighted by molar-refractivity contribution is 0.479. The third-order valence-electron chi connectivity index (χ3n) is 4.36. The Morgan fingerprint density at radius 1 is 1.25 bits per heavy atom. The summed E-state index contributed by atoms with van der Waals surface area (Å²) < 4.78 is 31.6. The molecule has 10 heteroatoms. The number of rotatable bonds is 3. The molecule has 24 heavy (non-hydrogen) atoms. The van der Waals surface area contributed by atoms with Crippen LogP contribution in [0.5, 0.6) is 0 Å². The summed E-state index contributed by atoms with van der Waals surface area (Å²) in [5.41, 5.74) is 0.324. The molecule has 0 amide bonds. The predicted octanol–water partition coefficient (Wildman–Crippen LogP) is 0.640. The zero-order valence-corrected chi connectivity index (χ0v) is 13.9. The monoisotopic (exact) mass is 349 g/mol. The van der Waals surface area contributed by atoms with Gasteiger partial charge in [-0.05, 0) is 38.0 Å². The second kappa shape index (κ2) is 4.54. The first-order valence-electron chi connectivity index (χ1n) is 7.32. The van der Waals surface area contributed by atoms with E-state index in [1.54, 1.807) is 17.6 Å². The first kappa shape index (κ1) is 15.1. The molecule has 1 saturated carbocycles. The van der Waals surface area contributed by atoms with Crippen LogP contribution in [0.3, 0.4) is 0 Å². The molecule has 2 heterocycles. The molecule has 0 spiro atoms. The number of nitrogens with two attached hydrogens (primary N) is 1. The number of aromatic nitrogens is 4. The Morgan fingerprint density at radius 2 is 1.96 bits per heavy atom. The van der Waals surface area contributed by atoms with Gasteiger partial charge in [-0.15, -0.1) is 5.10 Å². The van der Waals surface area contributed by atoms with E-state index < -0.39 is 10.0 Å². The molecular weight excluding hydrogens is 334 g/mol. The molecule has 0 radical (unpaired) electrons. The summed E-state index contributed by atoms with van der Waals surface area (Å²) in [6.45, 7) is 3.59. The van der Waals surface area contributed by atoms with Crippen molar-refractivity contribution in [1.82, 2.24) is 19.3 Å². The summed E-state index contributed by atoms with van der Waals surface area (Å²) >= 11 is 0. The number of fused-ring (bicyclic) bond motifs is 1. The molecule has 0 saturated heterocycles. The van der Waals surface area contributed by atoms with Crippen molar-refractivity contribution in [1.29, 1.82) is 0 Å². The lowest BCUT2D eigenvalue weighted by Crippen LogP contribution is -2.29. The molecular formula is C14H15N5O4S. The lowest BCUT2D eigenvalue weighted by Gasteiger charge is -2.10. The smallest absolute Gasteiger partial charge is 0.337 e. The van der Waals surface area contributed by atoms with Crippen LogP contribution in [-0.2, 0) is 15.6 Å². The highest BCUT2D eigenvalue weighted by atomic mass is 32.2. The number of nitrogens with zero attached hydrogens (tertiary/aromatic N) is 4. The average Bonchev–Trinajstić information content (AvgIpc) is 2.96. The summed E-state index contributed by atoms with van der Waals surface area (Å²) in [4.78, 5) is 12.9. The van der Waals surface area contributed by atoms with E-state index in [2.05, 4.69) is 10.2 Å². The molecule has 1 aliphatic rings. The van der Waals surface area contributed by atoms with E-state index in [-0.39, 0.29) is 22.1 Å². The molecule has 9 nitrogen and oxygen atoms in total. The van der Waals surface area contributed by atoms with Gasteiger partial charge >= 0.3 is 11.7 Å². The fourth-order valence-corrected chi connectivity index (χ4v) is 3.38. The van der Waals surface area contributed by atoms with Crippen LogP contribution >= 0.6 is 0 Å². The van der Waals surface area contributed by atoms with Crippen LogP contribution in [0.2, 0.25) is 0 Å². The van der Waals surface area contributed by atoms with Gasteiger partial charge in [-0.25, -0.2) is 22.9 Å². The Balaban J connectivity index is 2.13. The Kier molecular flexibility index (Phi) is 2.86. The highest BCUT2D eigenvalue weighted by Gasteiger charge is 2.43. The van der Waals surface area contributed by atoms with Gasteiger partial charge in [0.1, 0.15) is 0 Å². The molecule has 1 fully saturated rings. The van der Waals surface area contributed by atoms with Gasteiger partial charge in [0.15, 0.2) is 0 Å². The quantitative estimate of drug-likeness (QED) is 0.739. The molecule has 0 unspecified atom stereocenters. The molecule has 1 aromatic carbocycles. The molecule has 2 aromatic heterocycles. The van der Waals surface area contributed by atoms with Gasteiger partial charge in [-0.3, -0.25) is 4.57 Å². The Bertz CT molecular complexity index is 1130. The number of sulfonamides is 1. The maximum atomic E-state index is 13.0. The van der Waals surface area contributed by atoms with Crippen molar-refractivity contribution in [2.45, 2.75) is 37.1 Å². The molecule has 0 bridgehead atoms. The molecule has 4 rings (SSSR count). The van der Waals surface area contributed by atoms with E-state index in [1.165, 1.54) is 16.7 Å². The summed E-state index contributed by atoms with van der Waals surface area (Å²) in [6, 6.07) is 4.33. The van der Waals surface area contributed by atoms with E-state index in [4.69, 9.17) is 9.56 Å². The summed E-state index contributed by atoms with van der Waals surface area (Å²) in [5, 5.41) is 12.8. The molecule has 0 atom stereocenters. The van der Waals surface area contributed by atoms with Crippen molar-refractivity contribution in [3.63, 3.8) is 0 Å². The standard InChI is InChI=1S/C14H15N5O4S/c1-8-16-17-12(23-8)18-11-7-9(24(15,21)22)3-4-10(11)19(13(18)20)14(2)5-6-14/h3-4,7H,5-6H2,1-2H3,(H2,15,21,22). The third-order valence-corrected chi connectivity index (χ3v) is 5.27. The molecule has 2 N–H and O–H groups in total. The number of benzene rings is 1. The Hall–Kier alpha value is -2.46. The highest BCUT2D eigenvalue weighted by molar-refractivity contribution is 7.89. The van der Waals surface area contributed by atoms with Crippen molar-refractivity contribution < 1.29 is 12.8 Å². The topological polar surface area (TPSA) is 126 Å². The van der Waals surface area contributed by atoms with Gasteiger partial charge in [0, 0.05) is 12.5 Å². The van der Waals surface area contributed by atoms with Gasteiger partial charge in [0.25, 0.3) is 0 Å². The number of imidazole rings is 1. The highest BCUT2D eigenvalue weighted by Crippen LogP contribution is 2.43. The van der Waals surface area contributed by atoms with E-state index in [9.17, 15) is 13.2 Å².